The fourth-order valence-electron chi connectivity index (χ4n) is 2.12. The summed E-state index contributed by atoms with van der Waals surface area (Å²) in [4.78, 5) is 3.26. The average molecular weight is 275 g/mol. The van der Waals surface area contributed by atoms with Crippen molar-refractivity contribution in [3.05, 3.63) is 41.9 Å². The Morgan fingerprint density at radius 3 is 3.00 bits per heavy atom. The number of H-pyrrole nitrogens is 1. The van der Waals surface area contributed by atoms with Gasteiger partial charge in [-0.25, -0.2) is 0 Å². The molecule has 0 aliphatic heterocycles. The molecule has 5 nitrogen and oxygen atoms in total. The van der Waals surface area contributed by atoms with E-state index in [4.69, 9.17) is 4.42 Å². The first kappa shape index (κ1) is 12.3. The summed E-state index contributed by atoms with van der Waals surface area (Å²) in [6.45, 7) is 0. The number of fused-ring (bicyclic) bond motifs is 1. The summed E-state index contributed by atoms with van der Waals surface area (Å²) in [6.07, 6.45) is 4.71. The monoisotopic (exact) mass is 275 g/mol. The molecule has 1 aromatic carbocycles. The third kappa shape index (κ3) is 2.36. The lowest BCUT2D eigenvalue weighted by Crippen LogP contribution is -2.54. The molecule has 0 radical (unpaired) electrons. The van der Waals surface area contributed by atoms with Gasteiger partial charge in [0.2, 0.25) is 0 Å². The number of hydrogen-bond donors (Lipinski definition) is 2. The second-order valence-corrected chi connectivity index (χ2v) is 5.13. The van der Waals surface area contributed by atoms with Crippen molar-refractivity contribution in [2.45, 2.75) is 17.7 Å². The van der Waals surface area contributed by atoms with Gasteiger partial charge in [0.05, 0.1) is 0 Å². The van der Waals surface area contributed by atoms with E-state index in [2.05, 4.69) is 33.0 Å². The lowest BCUT2D eigenvalue weighted by molar-refractivity contribution is -0.431. The number of aromatic amines is 1. The summed E-state index contributed by atoms with van der Waals surface area (Å²) in [5, 5.41) is 9.79. The van der Waals surface area contributed by atoms with E-state index in [1.807, 2.05) is 24.6 Å². The van der Waals surface area contributed by atoms with E-state index in [1.165, 1.54) is 22.7 Å². The van der Waals surface area contributed by atoms with Crippen LogP contribution in [0.25, 0.3) is 10.9 Å². The first-order valence-corrected chi connectivity index (χ1v) is 7.26. The van der Waals surface area contributed by atoms with Crippen LogP contribution < -0.4 is 5.73 Å². The van der Waals surface area contributed by atoms with Gasteiger partial charge in [0.1, 0.15) is 0 Å². The highest BCUT2D eigenvalue weighted by Gasteiger charge is 2.19. The predicted octanol–water partition coefficient (Wildman–Crippen LogP) is 1.80. The Morgan fingerprint density at radius 2 is 2.21 bits per heavy atom. The SMILES string of the molecule is CSc1nnc(C([NH3+])Cc2c[nH]c3ccccc23)o1. The van der Waals surface area contributed by atoms with Crippen molar-refractivity contribution in [3.8, 4) is 0 Å². The van der Waals surface area contributed by atoms with Gasteiger partial charge in [0, 0.05) is 23.5 Å². The molecule has 1 unspecified atom stereocenters. The van der Waals surface area contributed by atoms with E-state index < -0.39 is 0 Å². The van der Waals surface area contributed by atoms with Crippen LogP contribution in [0, 0.1) is 0 Å². The Labute approximate surface area is 114 Å². The summed E-state index contributed by atoms with van der Waals surface area (Å²) >= 11 is 1.44. The molecule has 4 N–H and O–H groups in total. The number of para-hydroxylation sites is 1. The topological polar surface area (TPSA) is 82.4 Å². The first-order chi connectivity index (χ1) is 9.28. The van der Waals surface area contributed by atoms with Crippen LogP contribution in [0.3, 0.4) is 0 Å². The molecule has 0 saturated carbocycles. The van der Waals surface area contributed by atoms with Crippen LogP contribution in [0.5, 0.6) is 0 Å². The fraction of sp³-hybridized carbons (Fsp3) is 0.231. The third-order valence-electron chi connectivity index (χ3n) is 3.09. The number of hydrogen-bond acceptors (Lipinski definition) is 4. The molecule has 0 amide bonds. The Kier molecular flexibility index (Phi) is 3.27. The van der Waals surface area contributed by atoms with Crippen LogP contribution in [0.4, 0.5) is 0 Å². The summed E-state index contributed by atoms with van der Waals surface area (Å²) in [7, 11) is 0. The van der Waals surface area contributed by atoms with E-state index in [9.17, 15) is 0 Å². The molecule has 0 aliphatic rings. The highest BCUT2D eigenvalue weighted by molar-refractivity contribution is 7.98. The number of rotatable bonds is 4. The van der Waals surface area contributed by atoms with Gasteiger partial charge in [-0.1, -0.05) is 30.0 Å². The minimum Gasteiger partial charge on any atom is -0.410 e. The zero-order valence-electron chi connectivity index (χ0n) is 10.6. The molecule has 0 spiro atoms. The van der Waals surface area contributed by atoms with Gasteiger partial charge in [0.15, 0.2) is 6.04 Å². The smallest absolute Gasteiger partial charge is 0.276 e. The van der Waals surface area contributed by atoms with Crippen molar-refractivity contribution in [2.75, 3.05) is 6.26 Å². The largest absolute Gasteiger partial charge is 0.410 e. The predicted molar refractivity (Wildman–Crippen MR) is 73.7 cm³/mol. The Bertz CT molecular complexity index is 691. The Morgan fingerprint density at radius 1 is 1.37 bits per heavy atom. The van der Waals surface area contributed by atoms with Gasteiger partial charge >= 0.3 is 0 Å². The second kappa shape index (κ2) is 5.07. The van der Waals surface area contributed by atoms with E-state index in [1.54, 1.807) is 0 Å². The number of aromatic nitrogens is 3. The van der Waals surface area contributed by atoms with Crippen molar-refractivity contribution in [3.63, 3.8) is 0 Å². The second-order valence-electron chi connectivity index (χ2n) is 4.37. The van der Waals surface area contributed by atoms with Crippen LogP contribution >= 0.6 is 11.8 Å². The molecule has 6 heteroatoms. The fourth-order valence-corrected chi connectivity index (χ4v) is 2.41. The number of thioether (sulfide) groups is 1. The van der Waals surface area contributed by atoms with Crippen molar-refractivity contribution in [1.82, 2.24) is 15.2 Å². The Hall–Kier alpha value is -1.79. The lowest BCUT2D eigenvalue weighted by atomic mass is 10.1. The average Bonchev–Trinajstić information content (AvgIpc) is 3.06. The zero-order chi connectivity index (χ0) is 13.2. The van der Waals surface area contributed by atoms with Crippen molar-refractivity contribution in [1.29, 1.82) is 0 Å². The Balaban J connectivity index is 1.84. The van der Waals surface area contributed by atoms with E-state index in [0.717, 1.165) is 11.9 Å². The highest BCUT2D eigenvalue weighted by Crippen LogP contribution is 2.23. The maximum Gasteiger partial charge on any atom is 0.276 e. The van der Waals surface area contributed by atoms with Gasteiger partial charge in [0.25, 0.3) is 11.1 Å². The minimum absolute atomic E-state index is 0.0346. The zero-order valence-corrected chi connectivity index (χ0v) is 11.4. The molecule has 2 heterocycles. The third-order valence-corrected chi connectivity index (χ3v) is 3.60. The lowest BCUT2D eigenvalue weighted by Gasteiger charge is -2.02. The van der Waals surface area contributed by atoms with Crippen molar-refractivity contribution in [2.24, 2.45) is 0 Å². The molecule has 3 rings (SSSR count). The molecule has 0 saturated heterocycles. The number of quaternary nitrogens is 1. The van der Waals surface area contributed by atoms with Crippen LogP contribution in [0.15, 0.2) is 40.1 Å². The first-order valence-electron chi connectivity index (χ1n) is 6.03. The van der Waals surface area contributed by atoms with Crippen LogP contribution in [-0.2, 0) is 6.42 Å². The van der Waals surface area contributed by atoms with Gasteiger partial charge in [-0.05, 0) is 17.9 Å². The normalized spacial score (nSPS) is 12.9. The van der Waals surface area contributed by atoms with E-state index in [0.29, 0.717) is 11.1 Å². The molecule has 2 aromatic heterocycles. The van der Waals surface area contributed by atoms with Crippen LogP contribution in [-0.4, -0.2) is 21.4 Å². The molecule has 0 bridgehead atoms. The quantitative estimate of drug-likeness (QED) is 0.711. The van der Waals surface area contributed by atoms with Crippen LogP contribution in [0.1, 0.15) is 17.5 Å². The maximum absolute atomic E-state index is 5.52. The number of nitrogens with one attached hydrogen (secondary N) is 1. The standard InChI is InChI=1S/C13H14N4OS/c1-19-13-17-16-12(18-13)10(14)6-8-7-15-11-5-3-2-4-9(8)11/h2-5,7,10,15H,6,14H2,1H3/p+1. The molecule has 0 aliphatic carbocycles. The van der Waals surface area contributed by atoms with Gasteiger partial charge in [-0.3, -0.25) is 0 Å². The van der Waals surface area contributed by atoms with Gasteiger partial charge in [-0.2, -0.15) is 0 Å². The maximum atomic E-state index is 5.52. The van der Waals surface area contributed by atoms with Gasteiger partial charge < -0.3 is 15.1 Å². The van der Waals surface area contributed by atoms with Crippen molar-refractivity contribution >= 4 is 22.7 Å². The molecule has 0 fully saturated rings. The highest BCUT2D eigenvalue weighted by atomic mass is 32.2. The van der Waals surface area contributed by atoms with Crippen molar-refractivity contribution < 1.29 is 10.2 Å². The molecule has 3 aromatic rings. The van der Waals surface area contributed by atoms with E-state index >= 15 is 0 Å². The van der Waals surface area contributed by atoms with E-state index in [-0.39, 0.29) is 6.04 Å². The van der Waals surface area contributed by atoms with Crippen LogP contribution in [0.2, 0.25) is 0 Å². The molecular formula is C13H15N4OS+. The molecule has 1 atom stereocenters. The summed E-state index contributed by atoms with van der Waals surface area (Å²) < 4.78 is 5.52. The molecule has 19 heavy (non-hydrogen) atoms. The number of nitrogens with zero attached hydrogens (tertiary/aromatic N) is 2. The minimum atomic E-state index is -0.0346. The van der Waals surface area contributed by atoms with Gasteiger partial charge in [-0.15, -0.1) is 10.2 Å². The molecule has 98 valence electrons. The summed E-state index contributed by atoms with van der Waals surface area (Å²) in [6, 6.07) is 8.20. The molecular weight excluding hydrogens is 260 g/mol. The summed E-state index contributed by atoms with van der Waals surface area (Å²) in [5.41, 5.74) is 6.48. The number of benzene rings is 1. The summed E-state index contributed by atoms with van der Waals surface area (Å²) in [5.74, 6) is 0.592.